The number of amides is 1. The van der Waals surface area contributed by atoms with E-state index >= 15 is 0 Å². The Morgan fingerprint density at radius 1 is 1.35 bits per heavy atom. The van der Waals surface area contributed by atoms with E-state index in [1.807, 2.05) is 0 Å². The molecule has 0 aliphatic carbocycles. The Labute approximate surface area is 150 Å². The molecule has 1 heterocycles. The van der Waals surface area contributed by atoms with Crippen LogP contribution in [0.25, 0.3) is 0 Å². The molecule has 0 saturated carbocycles. The van der Waals surface area contributed by atoms with Gasteiger partial charge in [-0.15, -0.1) is 11.3 Å². The lowest BCUT2D eigenvalue weighted by atomic mass is 10.3. The molecule has 23 heavy (non-hydrogen) atoms. The second kappa shape index (κ2) is 7.81. The maximum atomic E-state index is 12.2. The van der Waals surface area contributed by atoms with Crippen molar-refractivity contribution >= 4 is 56.4 Å². The predicted octanol–water partition coefficient (Wildman–Crippen LogP) is 4.36. The summed E-state index contributed by atoms with van der Waals surface area (Å²) in [5.74, 6) is -0.379. The molecular formula is C15H13BrClNO4S. The van der Waals surface area contributed by atoms with Crippen LogP contribution in [0.3, 0.4) is 0 Å². The van der Waals surface area contributed by atoms with E-state index < -0.39 is 12.1 Å². The second-order valence-electron chi connectivity index (χ2n) is 4.48. The van der Waals surface area contributed by atoms with Crippen molar-refractivity contribution in [3.05, 3.63) is 44.0 Å². The number of methoxy groups -OCH3 is 1. The summed E-state index contributed by atoms with van der Waals surface area (Å²) in [4.78, 5) is 24.2. The maximum Gasteiger partial charge on any atom is 0.350 e. The fraction of sp³-hybridized carbons (Fsp3) is 0.200. The number of nitrogens with one attached hydrogen (secondary N) is 1. The van der Waals surface area contributed by atoms with Crippen molar-refractivity contribution in [3.63, 3.8) is 0 Å². The van der Waals surface area contributed by atoms with Crippen LogP contribution in [0.5, 0.6) is 5.75 Å². The molecule has 1 unspecified atom stereocenters. The van der Waals surface area contributed by atoms with E-state index in [2.05, 4.69) is 26.0 Å². The van der Waals surface area contributed by atoms with Crippen molar-refractivity contribution in [3.8, 4) is 5.75 Å². The second-order valence-corrected chi connectivity index (χ2v) is 6.69. The van der Waals surface area contributed by atoms with E-state index in [0.29, 0.717) is 25.8 Å². The van der Waals surface area contributed by atoms with Gasteiger partial charge >= 0.3 is 5.97 Å². The standard InChI is InChI=1S/C15H13BrClNO4S/c1-8(22-12-4-3-9(17)7-10(12)16)14(19)18-11-5-6-23-13(11)15(20)21-2/h3-8H,1-2H3,(H,18,19). The summed E-state index contributed by atoms with van der Waals surface area (Å²) in [5.41, 5.74) is 0.400. The molecule has 1 aromatic carbocycles. The Morgan fingerprint density at radius 3 is 2.74 bits per heavy atom. The van der Waals surface area contributed by atoms with E-state index in [1.54, 1.807) is 36.6 Å². The SMILES string of the molecule is COC(=O)c1sccc1NC(=O)C(C)Oc1ccc(Cl)cc1Br. The zero-order valence-electron chi connectivity index (χ0n) is 12.3. The van der Waals surface area contributed by atoms with Crippen LogP contribution in [0.2, 0.25) is 5.02 Å². The lowest BCUT2D eigenvalue weighted by molar-refractivity contribution is -0.122. The average Bonchev–Trinajstić information content (AvgIpc) is 2.97. The lowest BCUT2D eigenvalue weighted by Gasteiger charge is -2.16. The van der Waals surface area contributed by atoms with Gasteiger partial charge in [-0.2, -0.15) is 0 Å². The summed E-state index contributed by atoms with van der Waals surface area (Å²) in [6.45, 7) is 1.61. The predicted molar refractivity (Wildman–Crippen MR) is 93.5 cm³/mol. The number of benzene rings is 1. The molecule has 0 spiro atoms. The molecule has 2 rings (SSSR count). The number of esters is 1. The van der Waals surface area contributed by atoms with Gasteiger partial charge in [0.15, 0.2) is 6.10 Å². The molecule has 0 radical (unpaired) electrons. The van der Waals surface area contributed by atoms with Crippen LogP contribution in [-0.2, 0) is 9.53 Å². The molecule has 0 saturated heterocycles. The molecule has 8 heteroatoms. The molecular weight excluding hydrogens is 406 g/mol. The first-order valence-corrected chi connectivity index (χ1v) is 8.55. The van der Waals surface area contributed by atoms with Gasteiger partial charge < -0.3 is 14.8 Å². The first-order valence-electron chi connectivity index (χ1n) is 6.50. The molecule has 122 valence electrons. The highest BCUT2D eigenvalue weighted by Gasteiger charge is 2.20. The largest absolute Gasteiger partial charge is 0.480 e. The molecule has 1 N–H and O–H groups in total. The van der Waals surface area contributed by atoms with Crippen LogP contribution < -0.4 is 10.1 Å². The Kier molecular flexibility index (Phi) is 6.04. The Balaban J connectivity index is 2.06. The molecule has 0 aliphatic rings. The molecule has 0 fully saturated rings. The van der Waals surface area contributed by atoms with Crippen LogP contribution in [0, 0.1) is 0 Å². The van der Waals surface area contributed by atoms with E-state index in [-0.39, 0.29) is 5.91 Å². The summed E-state index contributed by atoms with van der Waals surface area (Å²) in [7, 11) is 1.29. The van der Waals surface area contributed by atoms with Crippen molar-refractivity contribution < 1.29 is 19.1 Å². The number of hydrogen-bond donors (Lipinski definition) is 1. The van der Waals surface area contributed by atoms with Crippen molar-refractivity contribution in [2.75, 3.05) is 12.4 Å². The maximum absolute atomic E-state index is 12.2. The van der Waals surface area contributed by atoms with Crippen LogP contribution in [0.1, 0.15) is 16.6 Å². The number of carbonyl (C=O) groups is 2. The van der Waals surface area contributed by atoms with Crippen molar-refractivity contribution in [2.24, 2.45) is 0 Å². The third kappa shape index (κ3) is 4.46. The summed E-state index contributed by atoms with van der Waals surface area (Å²) in [6, 6.07) is 6.65. The minimum absolute atomic E-state index is 0.334. The molecule has 0 bridgehead atoms. The molecule has 0 aliphatic heterocycles. The molecule has 1 aromatic heterocycles. The topological polar surface area (TPSA) is 64.6 Å². The highest BCUT2D eigenvalue weighted by molar-refractivity contribution is 9.10. The van der Waals surface area contributed by atoms with Gasteiger partial charge in [-0.25, -0.2) is 4.79 Å². The van der Waals surface area contributed by atoms with Gasteiger partial charge in [0.25, 0.3) is 5.91 Å². The van der Waals surface area contributed by atoms with Gasteiger partial charge in [0.2, 0.25) is 0 Å². The van der Waals surface area contributed by atoms with Gasteiger partial charge in [0.1, 0.15) is 10.6 Å². The quantitative estimate of drug-likeness (QED) is 0.733. The number of carbonyl (C=O) groups excluding carboxylic acids is 2. The summed E-state index contributed by atoms with van der Waals surface area (Å²) < 4.78 is 10.9. The molecule has 1 amide bonds. The Bertz CT molecular complexity index is 734. The van der Waals surface area contributed by atoms with Gasteiger partial charge in [-0.05, 0) is 52.5 Å². The number of hydrogen-bond acceptors (Lipinski definition) is 5. The van der Waals surface area contributed by atoms with E-state index in [4.69, 9.17) is 16.3 Å². The summed E-state index contributed by atoms with van der Waals surface area (Å²) in [6.07, 6.45) is -0.766. The fourth-order valence-electron chi connectivity index (χ4n) is 1.71. The third-order valence-corrected chi connectivity index (χ3v) is 4.61. The van der Waals surface area contributed by atoms with Gasteiger partial charge in [-0.1, -0.05) is 11.6 Å². The van der Waals surface area contributed by atoms with E-state index in [0.717, 1.165) is 0 Å². The summed E-state index contributed by atoms with van der Waals surface area (Å²) in [5, 5.41) is 4.92. The average molecular weight is 419 g/mol. The van der Waals surface area contributed by atoms with E-state index in [1.165, 1.54) is 18.4 Å². The molecule has 1 atom stereocenters. The van der Waals surface area contributed by atoms with Gasteiger partial charge in [0.05, 0.1) is 17.3 Å². The van der Waals surface area contributed by atoms with Crippen molar-refractivity contribution in [2.45, 2.75) is 13.0 Å². The van der Waals surface area contributed by atoms with Crippen LogP contribution in [0.4, 0.5) is 5.69 Å². The first-order chi connectivity index (χ1) is 10.9. The van der Waals surface area contributed by atoms with Crippen LogP contribution in [-0.4, -0.2) is 25.1 Å². The number of anilines is 1. The lowest BCUT2D eigenvalue weighted by Crippen LogP contribution is -2.30. The highest BCUT2D eigenvalue weighted by atomic mass is 79.9. The first kappa shape index (κ1) is 17.8. The van der Waals surface area contributed by atoms with Crippen LogP contribution >= 0.6 is 38.9 Å². The van der Waals surface area contributed by atoms with Crippen LogP contribution in [0.15, 0.2) is 34.1 Å². The number of ether oxygens (including phenoxy) is 2. The minimum Gasteiger partial charge on any atom is -0.480 e. The van der Waals surface area contributed by atoms with Gasteiger partial charge in [-0.3, -0.25) is 4.79 Å². The smallest absolute Gasteiger partial charge is 0.350 e. The highest BCUT2D eigenvalue weighted by Crippen LogP contribution is 2.29. The number of halogens is 2. The zero-order chi connectivity index (χ0) is 17.0. The van der Waals surface area contributed by atoms with Gasteiger partial charge in [0, 0.05) is 5.02 Å². The van der Waals surface area contributed by atoms with E-state index in [9.17, 15) is 9.59 Å². The monoisotopic (exact) mass is 417 g/mol. The minimum atomic E-state index is -0.766. The number of rotatable bonds is 5. The van der Waals surface area contributed by atoms with Crippen molar-refractivity contribution in [1.82, 2.24) is 0 Å². The number of thiophene rings is 1. The Morgan fingerprint density at radius 2 is 2.09 bits per heavy atom. The molecule has 5 nitrogen and oxygen atoms in total. The normalized spacial score (nSPS) is 11.7. The third-order valence-electron chi connectivity index (χ3n) is 2.86. The zero-order valence-corrected chi connectivity index (χ0v) is 15.4. The fourth-order valence-corrected chi connectivity index (χ4v) is 3.25. The van der Waals surface area contributed by atoms with Crippen molar-refractivity contribution in [1.29, 1.82) is 0 Å². The Hall–Kier alpha value is -1.57. The summed E-state index contributed by atoms with van der Waals surface area (Å²) >= 11 is 10.4. The molecule has 2 aromatic rings.